The van der Waals surface area contributed by atoms with Crippen molar-refractivity contribution < 1.29 is 0 Å². The predicted molar refractivity (Wildman–Crippen MR) is 87.2 cm³/mol. The molecule has 0 unspecified atom stereocenters. The molecule has 6 heteroatoms. The number of aromatic nitrogens is 1. The van der Waals surface area contributed by atoms with E-state index in [0.29, 0.717) is 21.7 Å². The van der Waals surface area contributed by atoms with Gasteiger partial charge in [0.25, 0.3) is 0 Å². The largest absolute Gasteiger partial charge is 0.369 e. The van der Waals surface area contributed by atoms with Gasteiger partial charge in [0.05, 0.1) is 10.0 Å². The highest BCUT2D eigenvalue weighted by Gasteiger charge is 2.25. The Hall–Kier alpha value is -0.710. The Morgan fingerprint density at radius 1 is 1.20 bits per heavy atom. The van der Waals surface area contributed by atoms with Crippen molar-refractivity contribution in [1.29, 1.82) is 0 Å². The zero-order valence-corrected chi connectivity index (χ0v) is 13.6. The van der Waals surface area contributed by atoms with Gasteiger partial charge in [-0.3, -0.25) is 0 Å². The summed E-state index contributed by atoms with van der Waals surface area (Å²) < 4.78 is 0. The first kappa shape index (κ1) is 15.7. The minimum absolute atomic E-state index is 0.559. The summed E-state index contributed by atoms with van der Waals surface area (Å²) in [6.45, 7) is 4.76. The molecule has 1 heterocycles. The van der Waals surface area contributed by atoms with Crippen LogP contribution in [0.2, 0.25) is 10.0 Å². The number of pyridine rings is 1. The highest BCUT2D eigenvalue weighted by molar-refractivity contribution is 6.37. The quantitative estimate of drug-likeness (QED) is 0.767. The lowest BCUT2D eigenvalue weighted by molar-refractivity contribution is 0.337. The maximum atomic E-state index is 6.17. The van der Waals surface area contributed by atoms with Crippen molar-refractivity contribution in [2.45, 2.75) is 32.2 Å². The van der Waals surface area contributed by atoms with E-state index in [4.69, 9.17) is 23.2 Å². The molecule has 0 amide bonds. The summed E-state index contributed by atoms with van der Waals surface area (Å²) in [5.74, 6) is 1.38. The lowest BCUT2D eigenvalue weighted by Gasteiger charge is -2.17. The monoisotopic (exact) mass is 316 g/mol. The second-order valence-corrected chi connectivity index (χ2v) is 6.03. The molecule has 4 nitrogen and oxygen atoms in total. The summed E-state index contributed by atoms with van der Waals surface area (Å²) in [7, 11) is 2.16. The SMILES string of the molecule is CCCNc1nc(NCCN(C)C2CC2)c(Cl)cc1Cl. The molecule has 1 fully saturated rings. The van der Waals surface area contributed by atoms with Gasteiger partial charge in [-0.25, -0.2) is 4.98 Å². The molecule has 1 aliphatic carbocycles. The van der Waals surface area contributed by atoms with Gasteiger partial charge in [-0.2, -0.15) is 0 Å². The van der Waals surface area contributed by atoms with Gasteiger partial charge in [-0.15, -0.1) is 0 Å². The molecule has 20 heavy (non-hydrogen) atoms. The van der Waals surface area contributed by atoms with Gasteiger partial charge >= 0.3 is 0 Å². The number of hydrogen-bond donors (Lipinski definition) is 2. The fourth-order valence-corrected chi connectivity index (χ4v) is 2.50. The van der Waals surface area contributed by atoms with Crippen LogP contribution in [0.25, 0.3) is 0 Å². The predicted octanol–water partition coefficient (Wildman–Crippen LogP) is 3.72. The molecule has 0 atom stereocenters. The van der Waals surface area contributed by atoms with Crippen LogP contribution in [-0.4, -0.2) is 42.6 Å². The first-order valence-corrected chi connectivity index (χ1v) is 7.91. The van der Waals surface area contributed by atoms with E-state index in [-0.39, 0.29) is 0 Å². The summed E-state index contributed by atoms with van der Waals surface area (Å²) in [5.41, 5.74) is 0. The van der Waals surface area contributed by atoms with E-state index in [2.05, 4.69) is 34.5 Å². The van der Waals surface area contributed by atoms with E-state index >= 15 is 0 Å². The first-order chi connectivity index (χ1) is 9.61. The topological polar surface area (TPSA) is 40.2 Å². The molecule has 2 N–H and O–H groups in total. The number of nitrogens with zero attached hydrogens (tertiary/aromatic N) is 2. The second kappa shape index (κ2) is 7.34. The molecule has 0 saturated heterocycles. The molecule has 1 saturated carbocycles. The minimum atomic E-state index is 0.559. The lowest BCUT2D eigenvalue weighted by Crippen LogP contribution is -2.27. The second-order valence-electron chi connectivity index (χ2n) is 5.21. The fourth-order valence-electron chi connectivity index (χ4n) is 2.01. The van der Waals surface area contributed by atoms with Crippen LogP contribution in [0, 0.1) is 0 Å². The number of hydrogen-bond acceptors (Lipinski definition) is 4. The highest BCUT2D eigenvalue weighted by Crippen LogP contribution is 2.29. The summed E-state index contributed by atoms with van der Waals surface area (Å²) in [6.07, 6.45) is 3.67. The van der Waals surface area contributed by atoms with Crippen LogP contribution in [0.1, 0.15) is 26.2 Å². The number of rotatable bonds is 8. The van der Waals surface area contributed by atoms with Crippen LogP contribution < -0.4 is 10.6 Å². The Morgan fingerprint density at radius 2 is 1.80 bits per heavy atom. The molecule has 0 bridgehead atoms. The fraction of sp³-hybridized carbons (Fsp3) is 0.643. The summed E-state index contributed by atoms with van der Waals surface area (Å²) in [6, 6.07) is 2.51. The third-order valence-electron chi connectivity index (χ3n) is 3.40. The van der Waals surface area contributed by atoms with Crippen molar-refractivity contribution in [2.24, 2.45) is 0 Å². The van der Waals surface area contributed by atoms with Crippen molar-refractivity contribution in [2.75, 3.05) is 37.3 Å². The maximum absolute atomic E-state index is 6.17. The van der Waals surface area contributed by atoms with E-state index < -0.39 is 0 Å². The third-order valence-corrected chi connectivity index (χ3v) is 3.98. The van der Waals surface area contributed by atoms with Crippen LogP contribution in [0.4, 0.5) is 11.6 Å². The van der Waals surface area contributed by atoms with Crippen LogP contribution in [0.3, 0.4) is 0 Å². The molecule has 1 aromatic rings. The first-order valence-electron chi connectivity index (χ1n) is 7.15. The molecule has 0 aliphatic heterocycles. The van der Waals surface area contributed by atoms with Gasteiger partial charge < -0.3 is 15.5 Å². The maximum Gasteiger partial charge on any atom is 0.147 e. The molecular formula is C14H22Cl2N4. The smallest absolute Gasteiger partial charge is 0.147 e. The normalized spacial score (nSPS) is 14.7. The zero-order chi connectivity index (χ0) is 14.5. The van der Waals surface area contributed by atoms with Gasteiger partial charge in [0.2, 0.25) is 0 Å². The van der Waals surface area contributed by atoms with E-state index in [1.807, 2.05) is 0 Å². The molecule has 0 aromatic carbocycles. The standard InChI is InChI=1S/C14H22Cl2N4/c1-3-6-17-13-11(15)9-12(16)14(19-13)18-7-8-20(2)10-4-5-10/h9-10H,3-8H2,1-2H3,(H2,17,18,19). The molecular weight excluding hydrogens is 295 g/mol. The third kappa shape index (κ3) is 4.40. The van der Waals surface area contributed by atoms with Gasteiger partial charge in [0, 0.05) is 25.7 Å². The molecule has 0 spiro atoms. The van der Waals surface area contributed by atoms with E-state index in [9.17, 15) is 0 Å². The Kier molecular flexibility index (Phi) is 5.75. The highest BCUT2D eigenvalue weighted by atomic mass is 35.5. The van der Waals surface area contributed by atoms with Crippen molar-refractivity contribution >= 4 is 34.8 Å². The van der Waals surface area contributed by atoms with E-state index in [1.165, 1.54) is 12.8 Å². The summed E-state index contributed by atoms with van der Waals surface area (Å²) >= 11 is 12.3. The number of halogens is 2. The Labute approximate surface area is 130 Å². The zero-order valence-electron chi connectivity index (χ0n) is 12.0. The van der Waals surface area contributed by atoms with E-state index in [1.54, 1.807) is 6.07 Å². The van der Waals surface area contributed by atoms with Crippen molar-refractivity contribution in [3.63, 3.8) is 0 Å². The van der Waals surface area contributed by atoms with Gasteiger partial charge in [-0.05, 0) is 32.4 Å². The van der Waals surface area contributed by atoms with Gasteiger partial charge in [0.15, 0.2) is 0 Å². The van der Waals surface area contributed by atoms with Crippen molar-refractivity contribution in [3.05, 3.63) is 16.1 Å². The average Bonchev–Trinajstić information content (AvgIpc) is 3.24. The lowest BCUT2D eigenvalue weighted by atomic mass is 10.4. The summed E-state index contributed by atoms with van der Waals surface area (Å²) in [5, 5.41) is 7.61. The number of anilines is 2. The number of nitrogens with one attached hydrogen (secondary N) is 2. The number of likely N-dealkylation sites (N-methyl/N-ethyl adjacent to an activating group) is 1. The summed E-state index contributed by atoms with van der Waals surface area (Å²) in [4.78, 5) is 6.83. The van der Waals surface area contributed by atoms with Gasteiger partial charge in [-0.1, -0.05) is 30.1 Å². The average molecular weight is 317 g/mol. The molecule has 112 valence electrons. The Bertz CT molecular complexity index is 449. The Morgan fingerprint density at radius 3 is 2.35 bits per heavy atom. The minimum Gasteiger partial charge on any atom is -0.369 e. The van der Waals surface area contributed by atoms with Crippen LogP contribution in [-0.2, 0) is 0 Å². The van der Waals surface area contributed by atoms with E-state index in [0.717, 1.165) is 32.1 Å². The van der Waals surface area contributed by atoms with Crippen LogP contribution >= 0.6 is 23.2 Å². The Balaban J connectivity index is 1.91. The molecule has 0 radical (unpaired) electrons. The van der Waals surface area contributed by atoms with Crippen molar-refractivity contribution in [3.8, 4) is 0 Å². The van der Waals surface area contributed by atoms with Gasteiger partial charge in [0.1, 0.15) is 11.6 Å². The molecule has 1 aromatic heterocycles. The molecule has 2 rings (SSSR count). The van der Waals surface area contributed by atoms with Crippen LogP contribution in [0.15, 0.2) is 6.07 Å². The van der Waals surface area contributed by atoms with Crippen molar-refractivity contribution in [1.82, 2.24) is 9.88 Å². The molecule has 1 aliphatic rings. The van der Waals surface area contributed by atoms with Crippen LogP contribution in [0.5, 0.6) is 0 Å².